The summed E-state index contributed by atoms with van der Waals surface area (Å²) in [5.74, 6) is 3.52. The summed E-state index contributed by atoms with van der Waals surface area (Å²) in [6, 6.07) is 29.9. The molecule has 0 bridgehead atoms. The van der Waals surface area contributed by atoms with Crippen LogP contribution in [0, 0.1) is 31.9 Å². The molecule has 6 aromatic rings. The van der Waals surface area contributed by atoms with Crippen LogP contribution in [0.1, 0.15) is 81.8 Å². The minimum atomic E-state index is 0. The standard InChI is InChI=1S/C40H40N4O.Pt/c1-24(2)30-19-20-41-38(21-30)43-36-14-9-8-13-34(36)35-18-17-33(23-37(35)43)45-32-12-10-11-31(22-32)44-29(7)40(28(6)42-44)39-26(4)16-15-25(3)27(39)5;/h8-14,17-21,24,26,39H,15-16H2,1-7H3;/q-2;+2/t26-,39?;/m0./s1. The van der Waals surface area contributed by atoms with Gasteiger partial charge in [0.2, 0.25) is 0 Å². The van der Waals surface area contributed by atoms with Gasteiger partial charge in [-0.2, -0.15) is 17.2 Å². The number of hydrogen-bond donors (Lipinski definition) is 0. The maximum absolute atomic E-state index is 6.45. The van der Waals surface area contributed by atoms with Crippen molar-refractivity contribution >= 4 is 21.8 Å². The van der Waals surface area contributed by atoms with Gasteiger partial charge in [0.25, 0.3) is 0 Å². The van der Waals surface area contributed by atoms with Crippen LogP contribution < -0.4 is 4.74 Å². The summed E-state index contributed by atoms with van der Waals surface area (Å²) in [7, 11) is 0. The Labute approximate surface area is 286 Å². The van der Waals surface area contributed by atoms with Crippen molar-refractivity contribution in [1.29, 1.82) is 0 Å². The molecule has 3 aromatic heterocycles. The van der Waals surface area contributed by atoms with Crippen molar-refractivity contribution in [2.45, 2.75) is 73.1 Å². The molecule has 1 unspecified atom stereocenters. The Hall–Kier alpha value is -3.95. The fraction of sp³-hybridized carbons (Fsp3) is 0.300. The Balaban J connectivity index is 0.00000372. The Kier molecular flexibility index (Phi) is 8.82. The summed E-state index contributed by atoms with van der Waals surface area (Å²) in [5, 5.41) is 7.29. The van der Waals surface area contributed by atoms with Crippen LogP contribution in [0.2, 0.25) is 0 Å². The minimum Gasteiger partial charge on any atom is -0.509 e. The summed E-state index contributed by atoms with van der Waals surface area (Å²) in [6.07, 6.45) is 4.30. The number of allylic oxidation sites excluding steroid dienone is 2. The van der Waals surface area contributed by atoms with Crippen LogP contribution in [0.25, 0.3) is 33.3 Å². The van der Waals surface area contributed by atoms with Crippen molar-refractivity contribution in [3.63, 3.8) is 0 Å². The van der Waals surface area contributed by atoms with E-state index in [0.29, 0.717) is 29.3 Å². The van der Waals surface area contributed by atoms with E-state index >= 15 is 0 Å². The molecule has 5 nitrogen and oxygen atoms in total. The third-order valence-corrected chi connectivity index (χ3v) is 9.76. The topological polar surface area (TPSA) is 44.9 Å². The third kappa shape index (κ3) is 5.53. The second kappa shape index (κ2) is 12.7. The van der Waals surface area contributed by atoms with Gasteiger partial charge in [-0.1, -0.05) is 55.6 Å². The molecule has 0 amide bonds. The predicted molar refractivity (Wildman–Crippen MR) is 183 cm³/mol. The van der Waals surface area contributed by atoms with E-state index < -0.39 is 0 Å². The molecule has 0 saturated carbocycles. The minimum absolute atomic E-state index is 0. The molecule has 7 rings (SSSR count). The van der Waals surface area contributed by atoms with E-state index in [4.69, 9.17) is 14.8 Å². The van der Waals surface area contributed by atoms with Crippen LogP contribution in [0.3, 0.4) is 0 Å². The van der Waals surface area contributed by atoms with Crippen LogP contribution in [-0.2, 0) is 21.1 Å². The molecule has 0 spiro atoms. The summed E-state index contributed by atoms with van der Waals surface area (Å²) < 4.78 is 10.7. The SMILES string of the molecule is CC1=C(C)C(c2c(C)nn(-c3[c-]c(Oc4[c-]c5c(cc4)c4ccccc4n5-c4cc(C(C)C)ccn4)ccc3)c2C)[C@@H](C)CC1.[Pt+2]. The van der Waals surface area contributed by atoms with Crippen LogP contribution >= 0.6 is 0 Å². The first-order valence-electron chi connectivity index (χ1n) is 16.1. The molecule has 0 N–H and O–H groups in total. The summed E-state index contributed by atoms with van der Waals surface area (Å²) in [4.78, 5) is 4.77. The van der Waals surface area contributed by atoms with Crippen LogP contribution in [0.4, 0.5) is 0 Å². The second-order valence-corrected chi connectivity index (χ2v) is 13.0. The van der Waals surface area contributed by atoms with Gasteiger partial charge in [0.1, 0.15) is 5.82 Å². The Morgan fingerprint density at radius 2 is 1.67 bits per heavy atom. The molecule has 6 heteroatoms. The van der Waals surface area contributed by atoms with Crippen molar-refractivity contribution in [3.8, 4) is 23.0 Å². The number of para-hydroxylation sites is 1. The van der Waals surface area contributed by atoms with Crippen molar-refractivity contribution < 1.29 is 25.8 Å². The summed E-state index contributed by atoms with van der Waals surface area (Å²) >= 11 is 0. The van der Waals surface area contributed by atoms with Crippen molar-refractivity contribution in [2.75, 3.05) is 0 Å². The van der Waals surface area contributed by atoms with Crippen LogP contribution in [-0.4, -0.2) is 19.3 Å². The van der Waals surface area contributed by atoms with Gasteiger partial charge in [-0.25, -0.2) is 4.98 Å². The smallest absolute Gasteiger partial charge is 0.509 e. The maximum Gasteiger partial charge on any atom is 2.00 e. The van der Waals surface area contributed by atoms with Crippen LogP contribution in [0.15, 0.2) is 84.1 Å². The summed E-state index contributed by atoms with van der Waals surface area (Å²) in [6.45, 7) is 15.7. The zero-order chi connectivity index (χ0) is 31.4. The normalized spacial score (nSPS) is 16.8. The Bertz CT molecular complexity index is 2100. The molecule has 236 valence electrons. The van der Waals surface area contributed by atoms with E-state index in [1.807, 2.05) is 35.1 Å². The molecule has 0 radical (unpaired) electrons. The number of aryl methyl sites for hydroxylation is 1. The largest absolute Gasteiger partial charge is 2.00 e. The van der Waals surface area contributed by atoms with Crippen LogP contribution in [0.5, 0.6) is 11.5 Å². The quantitative estimate of drug-likeness (QED) is 0.125. The van der Waals surface area contributed by atoms with E-state index in [-0.39, 0.29) is 21.1 Å². The first-order valence-corrected chi connectivity index (χ1v) is 16.1. The Morgan fingerprint density at radius 1 is 0.891 bits per heavy atom. The van der Waals surface area contributed by atoms with E-state index in [0.717, 1.165) is 39.0 Å². The zero-order valence-corrected chi connectivity index (χ0v) is 29.9. The van der Waals surface area contributed by atoms with Gasteiger partial charge >= 0.3 is 21.1 Å². The molecule has 3 heterocycles. The third-order valence-electron chi connectivity index (χ3n) is 9.76. The number of rotatable bonds is 6. The van der Waals surface area contributed by atoms with Gasteiger partial charge in [-0.15, -0.1) is 35.7 Å². The average molecular weight is 788 g/mol. The monoisotopic (exact) mass is 787 g/mol. The van der Waals surface area contributed by atoms with Gasteiger partial charge in [0.05, 0.1) is 5.69 Å². The van der Waals surface area contributed by atoms with E-state index in [1.54, 1.807) is 0 Å². The van der Waals surface area contributed by atoms with Crippen molar-refractivity contribution in [2.24, 2.45) is 5.92 Å². The molecule has 1 aliphatic carbocycles. The summed E-state index contributed by atoms with van der Waals surface area (Å²) in [5.41, 5.74) is 10.7. The van der Waals surface area contributed by atoms with Gasteiger partial charge in [0, 0.05) is 40.4 Å². The van der Waals surface area contributed by atoms with E-state index in [1.165, 1.54) is 40.8 Å². The number of benzene rings is 3. The second-order valence-electron chi connectivity index (χ2n) is 13.0. The molecule has 46 heavy (non-hydrogen) atoms. The number of hydrogen-bond acceptors (Lipinski definition) is 3. The molecular formula is C40H40N4OPt. The molecule has 0 fully saturated rings. The van der Waals surface area contributed by atoms with E-state index in [2.05, 4.69) is 108 Å². The molecule has 0 aliphatic heterocycles. The first-order chi connectivity index (χ1) is 21.7. The molecule has 3 aromatic carbocycles. The fourth-order valence-electron chi connectivity index (χ4n) is 7.17. The Morgan fingerprint density at radius 3 is 2.48 bits per heavy atom. The first kappa shape index (κ1) is 32.0. The van der Waals surface area contributed by atoms with Gasteiger partial charge in [-0.3, -0.25) is 4.68 Å². The average Bonchev–Trinajstić information content (AvgIpc) is 3.52. The zero-order valence-electron chi connectivity index (χ0n) is 27.6. The van der Waals surface area contributed by atoms with Gasteiger partial charge in [-0.05, 0) is 87.2 Å². The predicted octanol–water partition coefficient (Wildman–Crippen LogP) is 10.3. The van der Waals surface area contributed by atoms with Gasteiger partial charge in [0.15, 0.2) is 0 Å². The van der Waals surface area contributed by atoms with Crippen molar-refractivity contribution in [1.82, 2.24) is 19.3 Å². The number of pyridine rings is 1. The van der Waals surface area contributed by atoms with Gasteiger partial charge < -0.3 is 9.30 Å². The fourth-order valence-corrected chi connectivity index (χ4v) is 7.17. The number of nitrogens with zero attached hydrogens (tertiary/aromatic N) is 4. The number of fused-ring (bicyclic) bond motifs is 3. The van der Waals surface area contributed by atoms with E-state index in [9.17, 15) is 0 Å². The molecule has 1 aliphatic rings. The number of aromatic nitrogens is 4. The number of ether oxygens (including phenoxy) is 1. The molecule has 2 atom stereocenters. The maximum atomic E-state index is 6.45. The molecular weight excluding hydrogens is 748 g/mol. The van der Waals surface area contributed by atoms with Crippen molar-refractivity contribution in [3.05, 3.63) is 119 Å². The molecule has 0 saturated heterocycles.